The largest absolute Gasteiger partial charge is 0.309 e. The number of hydrogen-bond acceptors (Lipinski definition) is 1. The highest BCUT2D eigenvalue weighted by atomic mass is 15.1. The lowest BCUT2D eigenvalue weighted by Gasteiger charge is -2.32. The number of fused-ring (bicyclic) bond motifs is 5. The third-order valence-corrected chi connectivity index (χ3v) is 11.1. The lowest BCUT2D eigenvalue weighted by atomic mass is 9.73. The summed E-state index contributed by atoms with van der Waals surface area (Å²) in [7, 11) is 0. The van der Waals surface area contributed by atoms with E-state index in [2.05, 4.69) is 195 Å². The third kappa shape index (κ3) is 4.61. The Kier molecular flexibility index (Phi) is 7.36. The molecule has 1 aliphatic rings. The Labute approximate surface area is 295 Å². The van der Waals surface area contributed by atoms with Gasteiger partial charge < -0.3 is 4.90 Å². The van der Waals surface area contributed by atoms with Gasteiger partial charge in [0.1, 0.15) is 0 Å². The summed E-state index contributed by atoms with van der Waals surface area (Å²) in [4.78, 5) is 2.50. The van der Waals surface area contributed by atoms with Crippen molar-refractivity contribution >= 4 is 38.6 Å². The maximum absolute atomic E-state index is 2.50. The van der Waals surface area contributed by atoms with Crippen LogP contribution in [0.5, 0.6) is 0 Å². The molecule has 0 aromatic heterocycles. The molecule has 8 aromatic carbocycles. The Morgan fingerprint density at radius 2 is 1.02 bits per heavy atom. The van der Waals surface area contributed by atoms with Crippen LogP contribution in [0.1, 0.15) is 37.8 Å². The first-order valence-corrected chi connectivity index (χ1v) is 17.9. The molecular formula is C49H39N. The van der Waals surface area contributed by atoms with Crippen molar-refractivity contribution in [2.75, 3.05) is 4.90 Å². The molecule has 1 heteroatoms. The van der Waals surface area contributed by atoms with Crippen LogP contribution in [0.4, 0.5) is 17.1 Å². The van der Waals surface area contributed by atoms with Gasteiger partial charge in [0.25, 0.3) is 0 Å². The number of rotatable bonds is 7. The number of benzene rings is 8. The molecule has 0 fully saturated rings. The average Bonchev–Trinajstić information content (AvgIpc) is 3.47. The zero-order chi connectivity index (χ0) is 33.7. The fraction of sp³-hybridized carbons (Fsp3) is 0.102. The van der Waals surface area contributed by atoms with Gasteiger partial charge in [0.15, 0.2) is 0 Å². The van der Waals surface area contributed by atoms with Gasteiger partial charge in [-0.1, -0.05) is 159 Å². The van der Waals surface area contributed by atoms with Crippen LogP contribution in [0.15, 0.2) is 176 Å². The molecule has 0 atom stereocenters. The second-order valence-electron chi connectivity index (χ2n) is 13.5. The maximum atomic E-state index is 2.50. The molecule has 0 bridgehead atoms. The van der Waals surface area contributed by atoms with Crippen molar-refractivity contribution in [3.63, 3.8) is 0 Å². The minimum Gasteiger partial charge on any atom is -0.309 e. The lowest BCUT2D eigenvalue weighted by Crippen LogP contribution is -2.23. The van der Waals surface area contributed by atoms with Gasteiger partial charge in [0.05, 0.1) is 5.69 Å². The molecule has 50 heavy (non-hydrogen) atoms. The molecular weight excluding hydrogens is 603 g/mol. The van der Waals surface area contributed by atoms with Crippen LogP contribution < -0.4 is 4.90 Å². The molecule has 1 aliphatic carbocycles. The molecule has 0 aliphatic heterocycles. The zero-order valence-corrected chi connectivity index (χ0v) is 28.6. The van der Waals surface area contributed by atoms with Gasteiger partial charge in [0, 0.05) is 27.7 Å². The average molecular weight is 642 g/mol. The second kappa shape index (κ2) is 12.2. The predicted octanol–water partition coefficient (Wildman–Crippen LogP) is 13.9. The van der Waals surface area contributed by atoms with E-state index < -0.39 is 0 Å². The van der Waals surface area contributed by atoms with E-state index in [0.29, 0.717) is 0 Å². The SMILES string of the molecule is CCC1(CC)c2ccccc2-c2c1cc1ccccc1c2N(c1ccccc1)c1ccc(-c2c(-c3ccccc3)ccc3ccccc23)cc1. The monoisotopic (exact) mass is 641 g/mol. The van der Waals surface area contributed by atoms with Crippen molar-refractivity contribution in [1.82, 2.24) is 0 Å². The van der Waals surface area contributed by atoms with Gasteiger partial charge in [-0.25, -0.2) is 0 Å². The van der Waals surface area contributed by atoms with Crippen molar-refractivity contribution in [3.05, 3.63) is 187 Å². The number of para-hydroxylation sites is 1. The van der Waals surface area contributed by atoms with Gasteiger partial charge in [0.2, 0.25) is 0 Å². The first-order valence-electron chi connectivity index (χ1n) is 17.9. The van der Waals surface area contributed by atoms with Crippen molar-refractivity contribution in [1.29, 1.82) is 0 Å². The van der Waals surface area contributed by atoms with Crippen LogP contribution >= 0.6 is 0 Å². The Morgan fingerprint density at radius 3 is 1.76 bits per heavy atom. The molecule has 0 radical (unpaired) electrons. The van der Waals surface area contributed by atoms with Crippen molar-refractivity contribution in [3.8, 4) is 33.4 Å². The molecule has 0 unspecified atom stereocenters. The van der Waals surface area contributed by atoms with Gasteiger partial charge in [-0.05, 0) is 98.3 Å². The summed E-state index contributed by atoms with van der Waals surface area (Å²) < 4.78 is 0. The standard InChI is InChI=1S/C49H39N/c1-3-49(4-2)44-26-16-15-25-43(44)47-45(49)33-37-20-12-14-24-42(37)48(47)50(38-21-9-6-10-22-38)39-30-27-36(28-31-39)46-40-23-13-11-19-35(40)29-32-41(46)34-17-7-5-8-18-34/h5-33H,3-4H2,1-2H3. The van der Waals surface area contributed by atoms with E-state index in [0.717, 1.165) is 24.2 Å². The van der Waals surface area contributed by atoms with Crippen LogP contribution in [0, 0.1) is 0 Å². The molecule has 8 aromatic rings. The van der Waals surface area contributed by atoms with E-state index in [9.17, 15) is 0 Å². The summed E-state index contributed by atoms with van der Waals surface area (Å²) in [5.41, 5.74) is 14.1. The zero-order valence-electron chi connectivity index (χ0n) is 28.6. The van der Waals surface area contributed by atoms with Crippen molar-refractivity contribution in [2.45, 2.75) is 32.1 Å². The summed E-state index contributed by atoms with van der Waals surface area (Å²) in [6.07, 6.45) is 2.11. The first-order chi connectivity index (χ1) is 24.7. The topological polar surface area (TPSA) is 3.24 Å². The highest BCUT2D eigenvalue weighted by Gasteiger charge is 2.43. The molecule has 0 amide bonds. The Balaban J connectivity index is 1.31. The van der Waals surface area contributed by atoms with Crippen LogP contribution in [-0.2, 0) is 5.41 Å². The molecule has 240 valence electrons. The van der Waals surface area contributed by atoms with E-state index >= 15 is 0 Å². The summed E-state index contributed by atoms with van der Waals surface area (Å²) >= 11 is 0. The molecule has 0 saturated heterocycles. The normalized spacial score (nSPS) is 12.9. The van der Waals surface area contributed by atoms with Gasteiger partial charge in [-0.3, -0.25) is 0 Å². The minimum absolute atomic E-state index is 0.0286. The second-order valence-corrected chi connectivity index (χ2v) is 13.5. The Bertz CT molecular complexity index is 2490. The van der Waals surface area contributed by atoms with Crippen molar-refractivity contribution in [2.24, 2.45) is 0 Å². The van der Waals surface area contributed by atoms with E-state index in [-0.39, 0.29) is 5.41 Å². The number of hydrogen-bond donors (Lipinski definition) is 0. The highest BCUT2D eigenvalue weighted by molar-refractivity contribution is 6.10. The molecule has 0 heterocycles. The molecule has 0 saturated carbocycles. The Morgan fingerprint density at radius 1 is 0.420 bits per heavy atom. The predicted molar refractivity (Wildman–Crippen MR) is 214 cm³/mol. The van der Waals surface area contributed by atoms with Gasteiger partial charge in [-0.15, -0.1) is 0 Å². The molecule has 1 nitrogen and oxygen atoms in total. The molecule has 9 rings (SSSR count). The van der Waals surface area contributed by atoms with E-state index in [1.165, 1.54) is 71.7 Å². The minimum atomic E-state index is -0.0286. The summed E-state index contributed by atoms with van der Waals surface area (Å²) in [5, 5.41) is 5.05. The van der Waals surface area contributed by atoms with Gasteiger partial charge in [-0.2, -0.15) is 0 Å². The van der Waals surface area contributed by atoms with Crippen LogP contribution in [-0.4, -0.2) is 0 Å². The number of nitrogens with zero attached hydrogens (tertiary/aromatic N) is 1. The first kappa shape index (κ1) is 30.2. The van der Waals surface area contributed by atoms with Crippen LogP contribution in [0.25, 0.3) is 54.9 Å². The molecule has 0 spiro atoms. The maximum Gasteiger partial charge on any atom is 0.0621 e. The quantitative estimate of drug-likeness (QED) is 0.167. The lowest BCUT2D eigenvalue weighted by molar-refractivity contribution is 0.491. The Hall–Kier alpha value is -5.92. The summed E-state index contributed by atoms with van der Waals surface area (Å²) in [5.74, 6) is 0. The van der Waals surface area contributed by atoms with Gasteiger partial charge >= 0.3 is 0 Å². The smallest absolute Gasteiger partial charge is 0.0621 e. The van der Waals surface area contributed by atoms with E-state index in [1.54, 1.807) is 0 Å². The summed E-state index contributed by atoms with van der Waals surface area (Å²) in [6.45, 7) is 4.71. The molecule has 0 N–H and O–H groups in total. The van der Waals surface area contributed by atoms with E-state index in [4.69, 9.17) is 0 Å². The highest BCUT2D eigenvalue weighted by Crippen LogP contribution is 2.59. The van der Waals surface area contributed by atoms with Crippen LogP contribution in [0.3, 0.4) is 0 Å². The fourth-order valence-corrected chi connectivity index (χ4v) is 8.69. The van der Waals surface area contributed by atoms with E-state index in [1.807, 2.05) is 0 Å². The third-order valence-electron chi connectivity index (χ3n) is 11.1. The summed E-state index contributed by atoms with van der Waals surface area (Å²) in [6, 6.07) is 64.8. The number of anilines is 3. The fourth-order valence-electron chi connectivity index (χ4n) is 8.69. The van der Waals surface area contributed by atoms with Crippen molar-refractivity contribution < 1.29 is 0 Å². The van der Waals surface area contributed by atoms with Crippen LogP contribution in [0.2, 0.25) is 0 Å².